The molecule has 3 rings (SSSR count). The fourth-order valence-corrected chi connectivity index (χ4v) is 2.31. The second-order valence-electron chi connectivity index (χ2n) is 5.64. The van der Waals surface area contributed by atoms with E-state index in [-0.39, 0.29) is 5.91 Å². The molecular weight excluding hydrogens is 290 g/mol. The normalized spacial score (nSPS) is 13.4. The molecule has 0 radical (unpaired) electrons. The largest absolute Gasteiger partial charge is 0.494 e. The molecule has 0 atom stereocenters. The lowest BCUT2D eigenvalue weighted by atomic mass is 10.1. The summed E-state index contributed by atoms with van der Waals surface area (Å²) in [5.74, 6) is 0.732. The minimum Gasteiger partial charge on any atom is -0.494 e. The van der Waals surface area contributed by atoms with Gasteiger partial charge < -0.3 is 21.1 Å². The van der Waals surface area contributed by atoms with Gasteiger partial charge in [-0.05, 0) is 62.2 Å². The Kier molecular flexibility index (Phi) is 4.37. The summed E-state index contributed by atoms with van der Waals surface area (Å²) in [7, 11) is 0. The summed E-state index contributed by atoms with van der Waals surface area (Å²) < 4.78 is 5.43. The first kappa shape index (κ1) is 15.2. The molecule has 1 fully saturated rings. The maximum Gasteiger partial charge on any atom is 0.253 e. The zero-order valence-electron chi connectivity index (χ0n) is 13.1. The van der Waals surface area contributed by atoms with Gasteiger partial charge in [-0.1, -0.05) is 0 Å². The van der Waals surface area contributed by atoms with Crippen LogP contribution in [0.2, 0.25) is 0 Å². The molecule has 0 saturated heterocycles. The molecule has 0 unspecified atom stereocenters. The molecule has 5 heteroatoms. The van der Waals surface area contributed by atoms with Gasteiger partial charge in [-0.2, -0.15) is 0 Å². The van der Waals surface area contributed by atoms with E-state index in [9.17, 15) is 4.79 Å². The first-order valence-electron chi connectivity index (χ1n) is 7.86. The predicted octanol–water partition coefficient (Wildman–Crippen LogP) is 3.30. The van der Waals surface area contributed by atoms with Crippen molar-refractivity contribution in [2.75, 3.05) is 17.7 Å². The van der Waals surface area contributed by atoms with Crippen molar-refractivity contribution in [3.05, 3.63) is 48.0 Å². The SMILES string of the molecule is CCOc1ccc(Nc2ccc(N)cc2C(=O)NC2CC2)cc1. The average molecular weight is 311 g/mol. The van der Waals surface area contributed by atoms with Gasteiger partial charge in [0.05, 0.1) is 17.9 Å². The van der Waals surface area contributed by atoms with Crippen LogP contribution in [0.4, 0.5) is 17.1 Å². The van der Waals surface area contributed by atoms with Crippen molar-refractivity contribution in [2.45, 2.75) is 25.8 Å². The standard InChI is InChI=1S/C18H21N3O2/c1-2-23-15-8-6-13(7-9-15)20-17-10-3-12(19)11-16(17)18(22)21-14-4-5-14/h3,6-11,14,20H,2,4-5,19H2,1H3,(H,21,22). The van der Waals surface area contributed by atoms with Gasteiger partial charge in [0, 0.05) is 17.4 Å². The topological polar surface area (TPSA) is 76.4 Å². The first-order chi connectivity index (χ1) is 11.2. The molecule has 4 N–H and O–H groups in total. The summed E-state index contributed by atoms with van der Waals surface area (Å²) in [4.78, 5) is 12.4. The molecule has 2 aromatic rings. The van der Waals surface area contributed by atoms with Crippen LogP contribution in [0.15, 0.2) is 42.5 Å². The van der Waals surface area contributed by atoms with E-state index in [1.54, 1.807) is 12.1 Å². The Balaban J connectivity index is 1.79. The van der Waals surface area contributed by atoms with Crippen molar-refractivity contribution < 1.29 is 9.53 Å². The van der Waals surface area contributed by atoms with E-state index >= 15 is 0 Å². The van der Waals surface area contributed by atoms with E-state index in [2.05, 4.69) is 10.6 Å². The van der Waals surface area contributed by atoms with Crippen LogP contribution in [0.3, 0.4) is 0 Å². The van der Waals surface area contributed by atoms with Crippen LogP contribution in [-0.4, -0.2) is 18.6 Å². The van der Waals surface area contributed by atoms with Crippen LogP contribution < -0.4 is 21.1 Å². The van der Waals surface area contributed by atoms with Crippen LogP contribution >= 0.6 is 0 Å². The monoisotopic (exact) mass is 311 g/mol. The molecular formula is C18H21N3O2. The van der Waals surface area contributed by atoms with Crippen molar-refractivity contribution in [1.29, 1.82) is 0 Å². The lowest BCUT2D eigenvalue weighted by Gasteiger charge is -2.13. The van der Waals surface area contributed by atoms with Crippen LogP contribution in [0.25, 0.3) is 0 Å². The second kappa shape index (κ2) is 6.60. The van der Waals surface area contributed by atoms with Crippen LogP contribution in [-0.2, 0) is 0 Å². The maximum absolute atomic E-state index is 12.4. The third-order valence-corrected chi connectivity index (χ3v) is 3.65. The minimum absolute atomic E-state index is 0.0896. The highest BCUT2D eigenvalue weighted by Crippen LogP contribution is 2.26. The average Bonchev–Trinajstić information content (AvgIpc) is 3.35. The summed E-state index contributed by atoms with van der Waals surface area (Å²) in [6.07, 6.45) is 2.10. The van der Waals surface area contributed by atoms with Gasteiger partial charge in [0.1, 0.15) is 5.75 Å². The number of carbonyl (C=O) groups is 1. The molecule has 5 nitrogen and oxygen atoms in total. The number of nitrogens with two attached hydrogens (primary N) is 1. The lowest BCUT2D eigenvalue weighted by molar-refractivity contribution is 0.0952. The molecule has 1 saturated carbocycles. The third kappa shape index (κ3) is 3.94. The fourth-order valence-electron chi connectivity index (χ4n) is 2.31. The highest BCUT2D eigenvalue weighted by molar-refractivity contribution is 6.01. The van der Waals surface area contributed by atoms with Gasteiger partial charge >= 0.3 is 0 Å². The molecule has 1 aliphatic rings. The molecule has 2 aromatic carbocycles. The minimum atomic E-state index is -0.0896. The molecule has 23 heavy (non-hydrogen) atoms. The number of hydrogen-bond donors (Lipinski definition) is 3. The second-order valence-corrected chi connectivity index (χ2v) is 5.64. The molecule has 1 amide bonds. The first-order valence-corrected chi connectivity index (χ1v) is 7.86. The summed E-state index contributed by atoms with van der Waals surface area (Å²) in [6.45, 7) is 2.58. The van der Waals surface area contributed by atoms with Crippen LogP contribution in [0, 0.1) is 0 Å². The summed E-state index contributed by atoms with van der Waals surface area (Å²) in [5, 5.41) is 6.27. The van der Waals surface area contributed by atoms with E-state index in [0.29, 0.717) is 23.9 Å². The summed E-state index contributed by atoms with van der Waals surface area (Å²) in [6, 6.07) is 13.3. The number of rotatable bonds is 6. The van der Waals surface area contributed by atoms with E-state index in [0.717, 1.165) is 30.0 Å². The summed E-state index contributed by atoms with van der Waals surface area (Å²) >= 11 is 0. The number of nitrogen functional groups attached to an aromatic ring is 1. The number of carbonyl (C=O) groups excluding carboxylic acids is 1. The fraction of sp³-hybridized carbons (Fsp3) is 0.278. The van der Waals surface area contributed by atoms with Crippen LogP contribution in [0.5, 0.6) is 5.75 Å². The number of hydrogen-bond acceptors (Lipinski definition) is 4. The number of anilines is 3. The Hall–Kier alpha value is -2.69. The lowest BCUT2D eigenvalue weighted by Crippen LogP contribution is -2.26. The van der Waals surface area contributed by atoms with Gasteiger partial charge in [-0.15, -0.1) is 0 Å². The molecule has 1 aliphatic carbocycles. The Morgan fingerprint density at radius 3 is 2.61 bits per heavy atom. The number of nitrogens with one attached hydrogen (secondary N) is 2. The van der Waals surface area contributed by atoms with Crippen molar-refractivity contribution >= 4 is 23.0 Å². The number of benzene rings is 2. The molecule has 0 aliphatic heterocycles. The van der Waals surface area contributed by atoms with E-state index in [1.807, 2.05) is 37.3 Å². The molecule has 0 aromatic heterocycles. The molecule has 0 spiro atoms. The highest BCUT2D eigenvalue weighted by Gasteiger charge is 2.25. The van der Waals surface area contributed by atoms with Gasteiger partial charge in [-0.3, -0.25) is 4.79 Å². The Bertz CT molecular complexity index is 694. The molecule has 0 bridgehead atoms. The summed E-state index contributed by atoms with van der Waals surface area (Å²) in [5.41, 5.74) is 8.59. The van der Waals surface area contributed by atoms with Crippen molar-refractivity contribution in [3.8, 4) is 5.75 Å². The molecule has 120 valence electrons. The van der Waals surface area contributed by atoms with Crippen molar-refractivity contribution in [3.63, 3.8) is 0 Å². The van der Waals surface area contributed by atoms with Crippen molar-refractivity contribution in [1.82, 2.24) is 5.32 Å². The smallest absolute Gasteiger partial charge is 0.253 e. The van der Waals surface area contributed by atoms with E-state index in [1.165, 1.54) is 0 Å². The Morgan fingerprint density at radius 1 is 1.22 bits per heavy atom. The Labute approximate surface area is 135 Å². The maximum atomic E-state index is 12.4. The van der Waals surface area contributed by atoms with E-state index in [4.69, 9.17) is 10.5 Å². The van der Waals surface area contributed by atoms with Gasteiger partial charge in [-0.25, -0.2) is 0 Å². The quantitative estimate of drug-likeness (QED) is 0.715. The third-order valence-electron chi connectivity index (χ3n) is 3.65. The van der Waals surface area contributed by atoms with Gasteiger partial charge in [0.2, 0.25) is 0 Å². The highest BCUT2D eigenvalue weighted by atomic mass is 16.5. The number of ether oxygens (including phenoxy) is 1. The predicted molar refractivity (Wildman–Crippen MR) is 92.2 cm³/mol. The van der Waals surface area contributed by atoms with Crippen molar-refractivity contribution in [2.24, 2.45) is 0 Å². The van der Waals surface area contributed by atoms with E-state index < -0.39 is 0 Å². The van der Waals surface area contributed by atoms with Crippen LogP contribution in [0.1, 0.15) is 30.1 Å². The molecule has 0 heterocycles. The van der Waals surface area contributed by atoms with Gasteiger partial charge in [0.15, 0.2) is 0 Å². The zero-order chi connectivity index (χ0) is 16.2. The van der Waals surface area contributed by atoms with Gasteiger partial charge in [0.25, 0.3) is 5.91 Å². The zero-order valence-corrected chi connectivity index (χ0v) is 13.1. The Morgan fingerprint density at radius 2 is 1.96 bits per heavy atom. The number of amides is 1.